The largest absolute Gasteiger partial charge is 0.302 e. The SMILES string of the molecule is CN1CC=C(c2cccc([N+](=O)[O-])c2)CC1. The Morgan fingerprint density at radius 1 is 1.44 bits per heavy atom. The lowest BCUT2D eigenvalue weighted by Crippen LogP contribution is -2.23. The van der Waals surface area contributed by atoms with E-state index in [2.05, 4.69) is 18.0 Å². The van der Waals surface area contributed by atoms with Gasteiger partial charge < -0.3 is 4.90 Å². The Balaban J connectivity index is 2.27. The van der Waals surface area contributed by atoms with E-state index < -0.39 is 0 Å². The molecular formula is C12H14N2O2. The zero-order chi connectivity index (χ0) is 11.5. The number of hydrogen-bond donors (Lipinski definition) is 0. The molecule has 0 radical (unpaired) electrons. The summed E-state index contributed by atoms with van der Waals surface area (Å²) in [6.45, 7) is 1.92. The molecule has 0 saturated heterocycles. The fourth-order valence-electron chi connectivity index (χ4n) is 1.85. The van der Waals surface area contributed by atoms with E-state index in [9.17, 15) is 10.1 Å². The van der Waals surface area contributed by atoms with Gasteiger partial charge in [0, 0.05) is 25.2 Å². The first-order chi connectivity index (χ1) is 7.66. The van der Waals surface area contributed by atoms with E-state index in [1.54, 1.807) is 12.1 Å². The van der Waals surface area contributed by atoms with Crippen molar-refractivity contribution in [2.45, 2.75) is 6.42 Å². The van der Waals surface area contributed by atoms with Crippen LogP contribution in [0.4, 0.5) is 5.69 Å². The summed E-state index contributed by atoms with van der Waals surface area (Å²) in [7, 11) is 2.07. The summed E-state index contributed by atoms with van der Waals surface area (Å²) in [4.78, 5) is 12.5. The Hall–Kier alpha value is -1.68. The quantitative estimate of drug-likeness (QED) is 0.565. The van der Waals surface area contributed by atoms with E-state index in [0.717, 1.165) is 25.1 Å². The summed E-state index contributed by atoms with van der Waals surface area (Å²) >= 11 is 0. The van der Waals surface area contributed by atoms with Gasteiger partial charge in [0.25, 0.3) is 5.69 Å². The second-order valence-electron chi connectivity index (χ2n) is 4.05. The van der Waals surface area contributed by atoms with Crippen molar-refractivity contribution in [1.82, 2.24) is 4.90 Å². The van der Waals surface area contributed by atoms with Crippen LogP contribution in [0.1, 0.15) is 12.0 Å². The highest BCUT2D eigenvalue weighted by atomic mass is 16.6. The fraction of sp³-hybridized carbons (Fsp3) is 0.333. The number of rotatable bonds is 2. The zero-order valence-electron chi connectivity index (χ0n) is 9.22. The monoisotopic (exact) mass is 218 g/mol. The van der Waals surface area contributed by atoms with E-state index in [1.165, 1.54) is 11.6 Å². The summed E-state index contributed by atoms with van der Waals surface area (Å²) in [6, 6.07) is 6.85. The highest BCUT2D eigenvalue weighted by Crippen LogP contribution is 2.24. The van der Waals surface area contributed by atoms with Crippen molar-refractivity contribution in [2.75, 3.05) is 20.1 Å². The third-order valence-corrected chi connectivity index (χ3v) is 2.84. The van der Waals surface area contributed by atoms with Crippen molar-refractivity contribution in [3.63, 3.8) is 0 Å². The van der Waals surface area contributed by atoms with Gasteiger partial charge in [0.1, 0.15) is 0 Å². The molecule has 0 bridgehead atoms. The molecule has 0 fully saturated rings. The lowest BCUT2D eigenvalue weighted by molar-refractivity contribution is -0.384. The minimum Gasteiger partial charge on any atom is -0.302 e. The van der Waals surface area contributed by atoms with Crippen LogP contribution in [-0.4, -0.2) is 30.0 Å². The van der Waals surface area contributed by atoms with Crippen LogP contribution in [0.3, 0.4) is 0 Å². The third kappa shape index (κ3) is 2.28. The Bertz CT molecular complexity index is 440. The van der Waals surface area contributed by atoms with Crippen molar-refractivity contribution in [3.8, 4) is 0 Å². The number of benzene rings is 1. The summed E-state index contributed by atoms with van der Waals surface area (Å²) in [6.07, 6.45) is 3.10. The number of nitrogens with zero attached hydrogens (tertiary/aromatic N) is 2. The molecule has 4 nitrogen and oxygen atoms in total. The standard InChI is InChI=1S/C12H14N2O2/c1-13-7-5-10(6-8-13)11-3-2-4-12(9-11)14(15)16/h2-5,9H,6-8H2,1H3. The van der Waals surface area contributed by atoms with Gasteiger partial charge in [-0.2, -0.15) is 0 Å². The van der Waals surface area contributed by atoms with Gasteiger partial charge in [-0.25, -0.2) is 0 Å². The molecule has 0 spiro atoms. The number of likely N-dealkylation sites (N-methyl/N-ethyl adjacent to an activating group) is 1. The second-order valence-corrected chi connectivity index (χ2v) is 4.05. The summed E-state index contributed by atoms with van der Waals surface area (Å²) in [5, 5.41) is 10.7. The van der Waals surface area contributed by atoms with E-state index in [0.29, 0.717) is 0 Å². The van der Waals surface area contributed by atoms with Crippen molar-refractivity contribution < 1.29 is 4.92 Å². The molecule has 4 heteroatoms. The van der Waals surface area contributed by atoms with Crippen molar-refractivity contribution in [1.29, 1.82) is 0 Å². The molecule has 1 aliphatic rings. The van der Waals surface area contributed by atoms with Gasteiger partial charge in [-0.15, -0.1) is 0 Å². The molecule has 0 N–H and O–H groups in total. The fourth-order valence-corrected chi connectivity index (χ4v) is 1.85. The lowest BCUT2D eigenvalue weighted by atomic mass is 9.99. The predicted molar refractivity (Wildman–Crippen MR) is 63.2 cm³/mol. The first-order valence-electron chi connectivity index (χ1n) is 5.29. The van der Waals surface area contributed by atoms with Crippen molar-refractivity contribution >= 4 is 11.3 Å². The van der Waals surface area contributed by atoms with Gasteiger partial charge in [-0.3, -0.25) is 10.1 Å². The van der Waals surface area contributed by atoms with Gasteiger partial charge in [0.15, 0.2) is 0 Å². The van der Waals surface area contributed by atoms with E-state index in [-0.39, 0.29) is 10.6 Å². The summed E-state index contributed by atoms with van der Waals surface area (Å²) < 4.78 is 0. The second kappa shape index (κ2) is 4.45. The molecule has 1 aromatic carbocycles. The van der Waals surface area contributed by atoms with Gasteiger partial charge in [-0.05, 0) is 24.6 Å². The average Bonchev–Trinajstić information content (AvgIpc) is 2.30. The van der Waals surface area contributed by atoms with Crippen molar-refractivity contribution in [2.24, 2.45) is 0 Å². The molecule has 16 heavy (non-hydrogen) atoms. The summed E-state index contributed by atoms with van der Waals surface area (Å²) in [5.74, 6) is 0. The van der Waals surface area contributed by atoms with Crippen LogP contribution >= 0.6 is 0 Å². The lowest BCUT2D eigenvalue weighted by Gasteiger charge is -2.21. The number of nitro benzene ring substituents is 1. The maximum Gasteiger partial charge on any atom is 0.270 e. The maximum atomic E-state index is 10.7. The van der Waals surface area contributed by atoms with E-state index in [1.807, 2.05) is 6.07 Å². The molecule has 0 aromatic heterocycles. The molecule has 1 heterocycles. The smallest absolute Gasteiger partial charge is 0.270 e. The molecule has 0 atom stereocenters. The van der Waals surface area contributed by atoms with Crippen LogP contribution in [0.15, 0.2) is 30.3 Å². The zero-order valence-corrected chi connectivity index (χ0v) is 9.22. The third-order valence-electron chi connectivity index (χ3n) is 2.84. The Labute approximate surface area is 94.3 Å². The highest BCUT2D eigenvalue weighted by molar-refractivity contribution is 5.68. The van der Waals surface area contributed by atoms with Crippen LogP contribution in [0.25, 0.3) is 5.57 Å². The molecule has 1 aliphatic heterocycles. The molecule has 0 amide bonds. The molecule has 0 aliphatic carbocycles. The molecule has 0 saturated carbocycles. The topological polar surface area (TPSA) is 46.4 Å². The van der Waals surface area contributed by atoms with Gasteiger partial charge in [-0.1, -0.05) is 18.2 Å². The maximum absolute atomic E-state index is 10.7. The van der Waals surface area contributed by atoms with Crippen LogP contribution in [0.5, 0.6) is 0 Å². The van der Waals surface area contributed by atoms with Crippen LogP contribution in [-0.2, 0) is 0 Å². The van der Waals surface area contributed by atoms with Crippen LogP contribution in [0, 0.1) is 10.1 Å². The first-order valence-corrected chi connectivity index (χ1v) is 5.29. The molecular weight excluding hydrogens is 204 g/mol. The molecule has 1 aromatic rings. The number of nitro groups is 1. The Morgan fingerprint density at radius 2 is 2.25 bits per heavy atom. The molecule has 2 rings (SSSR count). The normalized spacial score (nSPS) is 16.9. The predicted octanol–water partition coefficient (Wildman–Crippen LogP) is 2.31. The van der Waals surface area contributed by atoms with Crippen molar-refractivity contribution in [3.05, 3.63) is 46.0 Å². The number of non-ortho nitro benzene ring substituents is 1. The van der Waals surface area contributed by atoms with E-state index in [4.69, 9.17) is 0 Å². The molecule has 84 valence electrons. The van der Waals surface area contributed by atoms with E-state index >= 15 is 0 Å². The summed E-state index contributed by atoms with van der Waals surface area (Å²) in [5.41, 5.74) is 2.35. The first kappa shape index (κ1) is 10.8. The van der Waals surface area contributed by atoms with Gasteiger partial charge in [0.2, 0.25) is 0 Å². The Morgan fingerprint density at radius 3 is 2.88 bits per heavy atom. The van der Waals surface area contributed by atoms with Crippen LogP contribution in [0.2, 0.25) is 0 Å². The minimum absolute atomic E-state index is 0.164. The number of hydrogen-bond acceptors (Lipinski definition) is 3. The minimum atomic E-state index is -0.348. The highest BCUT2D eigenvalue weighted by Gasteiger charge is 2.12. The van der Waals surface area contributed by atoms with Gasteiger partial charge in [0.05, 0.1) is 4.92 Å². The Kier molecular flexibility index (Phi) is 3.01. The average molecular weight is 218 g/mol. The van der Waals surface area contributed by atoms with Gasteiger partial charge >= 0.3 is 0 Å². The molecule has 0 unspecified atom stereocenters. The van der Waals surface area contributed by atoms with Crippen LogP contribution < -0.4 is 0 Å².